The Bertz CT molecular complexity index is 411. The maximum atomic E-state index is 12.0. The number of hydrogen-bond donors (Lipinski definition) is 2. The summed E-state index contributed by atoms with van der Waals surface area (Å²) in [6, 6.07) is 1.90. The van der Waals surface area contributed by atoms with E-state index >= 15 is 0 Å². The second-order valence-corrected chi connectivity index (χ2v) is 5.91. The summed E-state index contributed by atoms with van der Waals surface area (Å²) >= 11 is 1.48. The maximum Gasteiger partial charge on any atom is 0.265 e. The van der Waals surface area contributed by atoms with Gasteiger partial charge in [-0.3, -0.25) is 4.79 Å². The largest absolute Gasteiger partial charge is 0.495 e. The predicted molar refractivity (Wildman–Crippen MR) is 73.5 cm³/mol. The summed E-state index contributed by atoms with van der Waals surface area (Å²) in [5.41, 5.74) is 0. The molecule has 1 unspecified atom stereocenters. The zero-order valence-corrected chi connectivity index (χ0v) is 11.7. The lowest BCUT2D eigenvalue weighted by atomic mass is 10.1. The molecule has 100 valence electrons. The van der Waals surface area contributed by atoms with Crippen molar-refractivity contribution in [1.29, 1.82) is 0 Å². The zero-order valence-electron chi connectivity index (χ0n) is 10.9. The second-order valence-electron chi connectivity index (χ2n) is 4.66. The van der Waals surface area contributed by atoms with Gasteiger partial charge < -0.3 is 15.4 Å². The van der Waals surface area contributed by atoms with Crippen LogP contribution in [0.4, 0.5) is 0 Å². The van der Waals surface area contributed by atoms with Crippen molar-refractivity contribution in [3.05, 3.63) is 15.8 Å². The summed E-state index contributed by atoms with van der Waals surface area (Å²) in [6.07, 6.45) is 2.27. The topological polar surface area (TPSA) is 50.4 Å². The van der Waals surface area contributed by atoms with E-state index in [-0.39, 0.29) is 5.91 Å². The van der Waals surface area contributed by atoms with Crippen LogP contribution in [-0.4, -0.2) is 32.7 Å². The Balaban J connectivity index is 1.83. The van der Waals surface area contributed by atoms with Crippen LogP contribution in [0.2, 0.25) is 0 Å². The minimum absolute atomic E-state index is 0.0177. The van der Waals surface area contributed by atoms with Gasteiger partial charge in [0.1, 0.15) is 10.6 Å². The molecule has 1 aliphatic heterocycles. The van der Waals surface area contributed by atoms with Crippen molar-refractivity contribution in [3.8, 4) is 5.75 Å². The Hall–Kier alpha value is -1.07. The number of nitrogens with one attached hydrogen (secondary N) is 2. The fourth-order valence-electron chi connectivity index (χ4n) is 2.23. The number of rotatable bonds is 5. The standard InChI is InChI=1S/C13H20N2O2S/c1-9-7-11(17-2)12(18-9)13(16)15-6-4-10-3-5-14-8-10/h7,10,14H,3-6,8H2,1-2H3,(H,15,16). The van der Waals surface area contributed by atoms with E-state index in [1.807, 2.05) is 13.0 Å². The first-order valence-corrected chi connectivity index (χ1v) is 7.15. The van der Waals surface area contributed by atoms with Gasteiger partial charge in [0.05, 0.1) is 7.11 Å². The highest BCUT2D eigenvalue weighted by Gasteiger charge is 2.17. The van der Waals surface area contributed by atoms with Gasteiger partial charge in [0.15, 0.2) is 0 Å². The normalized spacial score (nSPS) is 18.9. The molecule has 2 N–H and O–H groups in total. The molecular weight excluding hydrogens is 248 g/mol. The van der Waals surface area contributed by atoms with Crippen LogP contribution in [0.3, 0.4) is 0 Å². The number of amides is 1. The first-order chi connectivity index (χ1) is 8.70. The Morgan fingerprint density at radius 1 is 1.67 bits per heavy atom. The Morgan fingerprint density at radius 3 is 3.17 bits per heavy atom. The average molecular weight is 268 g/mol. The van der Waals surface area contributed by atoms with Gasteiger partial charge >= 0.3 is 0 Å². The van der Waals surface area contributed by atoms with Gasteiger partial charge in [-0.1, -0.05) is 0 Å². The molecule has 0 aliphatic carbocycles. The highest BCUT2D eigenvalue weighted by molar-refractivity contribution is 7.14. The monoisotopic (exact) mass is 268 g/mol. The predicted octanol–water partition coefficient (Wildman–Crippen LogP) is 1.79. The maximum absolute atomic E-state index is 12.0. The molecule has 4 nitrogen and oxygen atoms in total. The average Bonchev–Trinajstić information content (AvgIpc) is 2.98. The van der Waals surface area contributed by atoms with Gasteiger partial charge in [-0.2, -0.15) is 0 Å². The van der Waals surface area contributed by atoms with E-state index < -0.39 is 0 Å². The molecule has 2 rings (SSSR count). The number of hydrogen-bond acceptors (Lipinski definition) is 4. The minimum Gasteiger partial charge on any atom is -0.495 e. The van der Waals surface area contributed by atoms with Gasteiger partial charge in [0.2, 0.25) is 0 Å². The van der Waals surface area contributed by atoms with Crippen LogP contribution in [0.1, 0.15) is 27.4 Å². The van der Waals surface area contributed by atoms with Gasteiger partial charge in [-0.05, 0) is 44.8 Å². The van der Waals surface area contributed by atoms with Crippen LogP contribution in [0.15, 0.2) is 6.07 Å². The third-order valence-corrected chi connectivity index (χ3v) is 4.28. The summed E-state index contributed by atoms with van der Waals surface area (Å²) in [5, 5.41) is 6.31. The highest BCUT2D eigenvalue weighted by Crippen LogP contribution is 2.28. The summed E-state index contributed by atoms with van der Waals surface area (Å²) < 4.78 is 5.21. The van der Waals surface area contributed by atoms with E-state index in [9.17, 15) is 4.79 Å². The molecule has 0 radical (unpaired) electrons. The summed E-state index contributed by atoms with van der Waals surface area (Å²) in [6.45, 7) is 4.91. The molecule has 1 saturated heterocycles. The Kier molecular flexibility index (Phi) is 4.60. The quantitative estimate of drug-likeness (QED) is 0.856. The van der Waals surface area contributed by atoms with Gasteiger partial charge in [0, 0.05) is 11.4 Å². The zero-order chi connectivity index (χ0) is 13.0. The number of methoxy groups -OCH3 is 1. The molecule has 5 heteroatoms. The van der Waals surface area contributed by atoms with E-state index in [2.05, 4.69) is 10.6 Å². The van der Waals surface area contributed by atoms with Crippen LogP contribution in [0.25, 0.3) is 0 Å². The molecule has 0 spiro atoms. The first kappa shape index (κ1) is 13.4. The van der Waals surface area contributed by atoms with E-state index in [0.717, 1.165) is 30.9 Å². The van der Waals surface area contributed by atoms with E-state index in [1.165, 1.54) is 17.8 Å². The highest BCUT2D eigenvalue weighted by atomic mass is 32.1. The molecule has 18 heavy (non-hydrogen) atoms. The minimum atomic E-state index is -0.0177. The van der Waals surface area contributed by atoms with Crippen LogP contribution < -0.4 is 15.4 Å². The Labute approximate surface area is 112 Å². The van der Waals surface area contributed by atoms with Gasteiger partial charge in [-0.25, -0.2) is 0 Å². The number of aryl methyl sites for hydroxylation is 1. The lowest BCUT2D eigenvalue weighted by Crippen LogP contribution is -2.26. The summed E-state index contributed by atoms with van der Waals surface area (Å²) in [4.78, 5) is 13.8. The number of carbonyl (C=O) groups excluding carboxylic acids is 1. The van der Waals surface area contributed by atoms with Crippen molar-refractivity contribution in [2.24, 2.45) is 5.92 Å². The number of carbonyl (C=O) groups is 1. The Morgan fingerprint density at radius 2 is 2.50 bits per heavy atom. The summed E-state index contributed by atoms with van der Waals surface area (Å²) in [7, 11) is 1.60. The molecule has 2 heterocycles. The van der Waals surface area contributed by atoms with Crippen LogP contribution in [0, 0.1) is 12.8 Å². The lowest BCUT2D eigenvalue weighted by molar-refractivity contribution is 0.0953. The van der Waals surface area contributed by atoms with Crippen LogP contribution >= 0.6 is 11.3 Å². The third-order valence-electron chi connectivity index (χ3n) is 3.25. The molecule has 1 aliphatic rings. The molecule has 1 fully saturated rings. The molecule has 1 amide bonds. The van der Waals surface area contributed by atoms with Gasteiger partial charge in [0.25, 0.3) is 5.91 Å². The van der Waals surface area contributed by atoms with Crippen LogP contribution in [-0.2, 0) is 0 Å². The van der Waals surface area contributed by atoms with Crippen molar-refractivity contribution in [2.45, 2.75) is 19.8 Å². The van der Waals surface area contributed by atoms with Crippen LogP contribution in [0.5, 0.6) is 5.75 Å². The molecule has 0 saturated carbocycles. The fraction of sp³-hybridized carbons (Fsp3) is 0.615. The van der Waals surface area contributed by atoms with Crippen molar-refractivity contribution in [2.75, 3.05) is 26.7 Å². The summed E-state index contributed by atoms with van der Waals surface area (Å²) in [5.74, 6) is 1.37. The number of ether oxygens (including phenoxy) is 1. The molecule has 1 aromatic rings. The van der Waals surface area contributed by atoms with Crippen molar-refractivity contribution in [1.82, 2.24) is 10.6 Å². The van der Waals surface area contributed by atoms with Crippen molar-refractivity contribution in [3.63, 3.8) is 0 Å². The van der Waals surface area contributed by atoms with E-state index in [4.69, 9.17) is 4.74 Å². The second kappa shape index (κ2) is 6.20. The smallest absolute Gasteiger partial charge is 0.265 e. The molecular formula is C13H20N2O2S. The van der Waals surface area contributed by atoms with Gasteiger partial charge in [-0.15, -0.1) is 11.3 Å². The SMILES string of the molecule is COc1cc(C)sc1C(=O)NCCC1CCNC1. The van der Waals surface area contributed by atoms with Crippen molar-refractivity contribution < 1.29 is 9.53 Å². The molecule has 0 bridgehead atoms. The molecule has 1 aromatic heterocycles. The first-order valence-electron chi connectivity index (χ1n) is 6.34. The van der Waals surface area contributed by atoms with E-state index in [0.29, 0.717) is 16.5 Å². The fourth-order valence-corrected chi connectivity index (χ4v) is 3.13. The molecule has 0 aromatic carbocycles. The molecule has 1 atom stereocenters. The number of thiophene rings is 1. The van der Waals surface area contributed by atoms with E-state index in [1.54, 1.807) is 7.11 Å². The van der Waals surface area contributed by atoms with Crippen molar-refractivity contribution >= 4 is 17.2 Å². The lowest BCUT2D eigenvalue weighted by Gasteiger charge is -2.09. The third kappa shape index (κ3) is 3.23.